The van der Waals surface area contributed by atoms with Crippen LogP contribution in [0.15, 0.2) is 12.3 Å². The van der Waals surface area contributed by atoms with Gasteiger partial charge in [-0.2, -0.15) is 0 Å². The highest BCUT2D eigenvalue weighted by Crippen LogP contribution is 2.26. The minimum absolute atomic E-state index is 0.742. The predicted molar refractivity (Wildman–Crippen MR) is 71.5 cm³/mol. The van der Waals surface area contributed by atoms with Gasteiger partial charge in [-0.1, -0.05) is 17.8 Å². The van der Waals surface area contributed by atoms with E-state index in [1.54, 1.807) is 0 Å². The number of aromatic amines is 1. The second-order valence-corrected chi connectivity index (χ2v) is 5.02. The highest BCUT2D eigenvalue weighted by atomic mass is 32.1. The Hall–Kier alpha value is -1.82. The highest BCUT2D eigenvalue weighted by Gasteiger charge is 2.14. The molecular weight excluding hydrogens is 246 g/mol. The minimum atomic E-state index is 0.742. The second kappa shape index (κ2) is 4.45. The number of imidazole rings is 1. The van der Waals surface area contributed by atoms with Crippen molar-refractivity contribution in [2.45, 2.75) is 26.7 Å². The molecule has 0 atom stereocenters. The Morgan fingerprint density at radius 1 is 1.39 bits per heavy atom. The third kappa shape index (κ3) is 1.88. The summed E-state index contributed by atoms with van der Waals surface area (Å²) in [6.45, 7) is 4.15. The van der Waals surface area contributed by atoms with Crippen molar-refractivity contribution in [3.05, 3.63) is 23.5 Å². The van der Waals surface area contributed by atoms with Crippen LogP contribution in [0, 0.1) is 6.92 Å². The standard InChI is InChI=1S/C12H13N5S/c1-3-4-8-10(18-17-16-8)12-14-9-5-7(2)6-13-11(9)15-12/h5-6H,3-4H2,1-2H3,(H,13,14,15). The molecule has 0 amide bonds. The summed E-state index contributed by atoms with van der Waals surface area (Å²) in [6, 6.07) is 2.05. The van der Waals surface area contributed by atoms with Gasteiger partial charge >= 0.3 is 0 Å². The van der Waals surface area contributed by atoms with Gasteiger partial charge in [-0.15, -0.1) is 5.10 Å². The monoisotopic (exact) mass is 259 g/mol. The first kappa shape index (κ1) is 11.3. The highest BCUT2D eigenvalue weighted by molar-refractivity contribution is 7.09. The molecule has 0 aliphatic carbocycles. The van der Waals surface area contributed by atoms with Gasteiger partial charge < -0.3 is 4.98 Å². The number of hydrogen-bond acceptors (Lipinski definition) is 5. The lowest BCUT2D eigenvalue weighted by molar-refractivity contribution is 0.870. The van der Waals surface area contributed by atoms with Gasteiger partial charge in [-0.3, -0.25) is 0 Å². The first-order chi connectivity index (χ1) is 8.78. The smallest absolute Gasteiger partial charge is 0.178 e. The maximum Gasteiger partial charge on any atom is 0.178 e. The summed E-state index contributed by atoms with van der Waals surface area (Å²) < 4.78 is 4.02. The molecule has 3 aromatic rings. The van der Waals surface area contributed by atoms with Crippen molar-refractivity contribution in [3.8, 4) is 10.7 Å². The van der Waals surface area contributed by atoms with Gasteiger partial charge in [0.15, 0.2) is 11.5 Å². The fourth-order valence-electron chi connectivity index (χ4n) is 1.90. The van der Waals surface area contributed by atoms with E-state index in [4.69, 9.17) is 0 Å². The Bertz CT molecular complexity index is 685. The Morgan fingerprint density at radius 2 is 2.28 bits per heavy atom. The van der Waals surface area contributed by atoms with E-state index in [0.717, 1.165) is 46.0 Å². The average molecular weight is 259 g/mol. The van der Waals surface area contributed by atoms with Crippen molar-refractivity contribution in [2.24, 2.45) is 0 Å². The van der Waals surface area contributed by atoms with Crippen molar-refractivity contribution in [1.29, 1.82) is 0 Å². The summed E-state index contributed by atoms with van der Waals surface area (Å²) in [4.78, 5) is 13.1. The third-order valence-corrected chi connectivity index (χ3v) is 3.51. The molecule has 0 saturated heterocycles. The largest absolute Gasteiger partial charge is 0.336 e. The topological polar surface area (TPSA) is 67.3 Å². The van der Waals surface area contributed by atoms with Crippen molar-refractivity contribution in [1.82, 2.24) is 24.5 Å². The van der Waals surface area contributed by atoms with Crippen LogP contribution in [-0.2, 0) is 6.42 Å². The van der Waals surface area contributed by atoms with E-state index in [1.165, 1.54) is 11.5 Å². The maximum absolute atomic E-state index is 4.50. The van der Waals surface area contributed by atoms with Crippen LogP contribution in [0.5, 0.6) is 0 Å². The summed E-state index contributed by atoms with van der Waals surface area (Å²) in [7, 11) is 0. The Kier molecular flexibility index (Phi) is 2.79. The molecule has 3 rings (SSSR count). The van der Waals surface area contributed by atoms with Gasteiger partial charge in [0.25, 0.3) is 0 Å². The summed E-state index contributed by atoms with van der Waals surface area (Å²) in [5.41, 5.74) is 3.83. The molecule has 0 aromatic carbocycles. The quantitative estimate of drug-likeness (QED) is 0.785. The number of nitrogens with one attached hydrogen (secondary N) is 1. The van der Waals surface area contributed by atoms with Crippen LogP contribution < -0.4 is 0 Å². The van der Waals surface area contributed by atoms with E-state index in [-0.39, 0.29) is 0 Å². The molecule has 0 spiro atoms. The molecule has 0 fully saturated rings. The average Bonchev–Trinajstić information content (AvgIpc) is 2.94. The van der Waals surface area contributed by atoms with Crippen LogP contribution in [0.2, 0.25) is 0 Å². The van der Waals surface area contributed by atoms with E-state index in [1.807, 2.05) is 19.2 Å². The lowest BCUT2D eigenvalue weighted by Crippen LogP contribution is -1.88. The summed E-state index contributed by atoms with van der Waals surface area (Å²) in [5.74, 6) is 0.821. The number of fused-ring (bicyclic) bond motifs is 1. The zero-order valence-corrected chi connectivity index (χ0v) is 11.1. The number of nitrogens with zero attached hydrogens (tertiary/aromatic N) is 4. The van der Waals surface area contributed by atoms with E-state index in [2.05, 4.69) is 31.5 Å². The lowest BCUT2D eigenvalue weighted by atomic mass is 10.2. The second-order valence-electron chi connectivity index (χ2n) is 4.27. The number of aryl methyl sites for hydroxylation is 2. The first-order valence-corrected chi connectivity index (χ1v) is 6.69. The number of H-pyrrole nitrogens is 1. The molecule has 1 N–H and O–H groups in total. The maximum atomic E-state index is 4.50. The number of pyridine rings is 1. The van der Waals surface area contributed by atoms with Crippen LogP contribution in [0.25, 0.3) is 21.9 Å². The normalized spacial score (nSPS) is 11.2. The van der Waals surface area contributed by atoms with Gasteiger partial charge in [0, 0.05) is 6.20 Å². The fraction of sp³-hybridized carbons (Fsp3) is 0.333. The summed E-state index contributed by atoms with van der Waals surface area (Å²) in [5, 5.41) is 4.16. The van der Waals surface area contributed by atoms with Crippen molar-refractivity contribution in [2.75, 3.05) is 0 Å². The molecule has 0 aliphatic heterocycles. The van der Waals surface area contributed by atoms with Crippen LogP contribution in [0.3, 0.4) is 0 Å². The van der Waals surface area contributed by atoms with Gasteiger partial charge in [0.05, 0.1) is 11.2 Å². The number of rotatable bonds is 3. The molecule has 0 bridgehead atoms. The van der Waals surface area contributed by atoms with E-state index >= 15 is 0 Å². The van der Waals surface area contributed by atoms with E-state index in [0.29, 0.717) is 0 Å². The van der Waals surface area contributed by atoms with Crippen molar-refractivity contribution in [3.63, 3.8) is 0 Å². The number of hydrogen-bond donors (Lipinski definition) is 1. The van der Waals surface area contributed by atoms with E-state index in [9.17, 15) is 0 Å². The zero-order valence-electron chi connectivity index (χ0n) is 10.3. The minimum Gasteiger partial charge on any atom is -0.336 e. The zero-order chi connectivity index (χ0) is 12.5. The lowest BCUT2D eigenvalue weighted by Gasteiger charge is -1.94. The van der Waals surface area contributed by atoms with E-state index < -0.39 is 0 Å². The third-order valence-electron chi connectivity index (χ3n) is 2.73. The fourth-order valence-corrected chi connectivity index (χ4v) is 2.55. The van der Waals surface area contributed by atoms with Gasteiger partial charge in [0.1, 0.15) is 4.88 Å². The molecule has 92 valence electrons. The summed E-state index contributed by atoms with van der Waals surface area (Å²) in [6.07, 6.45) is 3.80. The SMILES string of the molecule is CCCc1nnsc1-c1nc2ncc(C)cc2[nH]1. The van der Waals surface area contributed by atoms with Crippen LogP contribution in [-0.4, -0.2) is 24.5 Å². The molecule has 5 nitrogen and oxygen atoms in total. The molecule has 0 saturated carbocycles. The Morgan fingerprint density at radius 3 is 3.11 bits per heavy atom. The first-order valence-electron chi connectivity index (χ1n) is 5.92. The van der Waals surface area contributed by atoms with Gasteiger partial charge in [-0.25, -0.2) is 9.97 Å². The van der Waals surface area contributed by atoms with Crippen LogP contribution >= 0.6 is 11.5 Å². The van der Waals surface area contributed by atoms with Crippen molar-refractivity contribution < 1.29 is 0 Å². The molecule has 0 radical (unpaired) electrons. The molecule has 3 heterocycles. The van der Waals surface area contributed by atoms with Gasteiger partial charge in [0.2, 0.25) is 0 Å². The molecule has 0 aliphatic rings. The molecule has 0 unspecified atom stereocenters. The van der Waals surface area contributed by atoms with Crippen molar-refractivity contribution >= 4 is 22.7 Å². The summed E-state index contributed by atoms with van der Waals surface area (Å²) >= 11 is 1.38. The Balaban J connectivity index is 2.10. The van der Waals surface area contributed by atoms with Crippen LogP contribution in [0.4, 0.5) is 0 Å². The predicted octanol–water partition coefficient (Wildman–Crippen LogP) is 2.74. The molecular formula is C12H13N5S. The Labute approximate surface area is 108 Å². The number of aromatic nitrogens is 5. The van der Waals surface area contributed by atoms with Gasteiger partial charge in [-0.05, 0) is 36.5 Å². The molecule has 6 heteroatoms. The molecule has 3 aromatic heterocycles. The molecule has 18 heavy (non-hydrogen) atoms. The van der Waals surface area contributed by atoms with Crippen LogP contribution in [0.1, 0.15) is 24.6 Å².